The number of nitrogens with zero attached hydrogens (tertiary/aromatic N) is 1. The predicted molar refractivity (Wildman–Crippen MR) is 90.8 cm³/mol. The first-order valence-corrected chi connectivity index (χ1v) is 7.63. The van der Waals surface area contributed by atoms with Crippen molar-refractivity contribution in [3.63, 3.8) is 0 Å². The number of amides is 1. The topological polar surface area (TPSA) is 55.1 Å². The highest BCUT2D eigenvalue weighted by molar-refractivity contribution is 6.30. The minimum absolute atomic E-state index is 0.316. The van der Waals surface area contributed by atoms with Crippen molar-refractivity contribution in [1.29, 1.82) is 0 Å². The Hall–Kier alpha value is -2.66. The second-order valence-electron chi connectivity index (χ2n) is 5.38. The molecule has 0 aliphatic rings. The number of aryl methyl sites for hydroxylation is 2. The van der Waals surface area contributed by atoms with Crippen LogP contribution in [0.25, 0.3) is 11.3 Å². The molecule has 0 fully saturated rings. The summed E-state index contributed by atoms with van der Waals surface area (Å²) in [5.74, 6) is -0.321. The van der Waals surface area contributed by atoms with Crippen LogP contribution < -0.4 is 5.32 Å². The van der Waals surface area contributed by atoms with Gasteiger partial charge in [-0.1, -0.05) is 16.8 Å². The molecular formula is C18H14ClFN2O2. The van der Waals surface area contributed by atoms with Crippen LogP contribution >= 0.6 is 11.6 Å². The quantitative estimate of drug-likeness (QED) is 0.727. The van der Waals surface area contributed by atoms with E-state index in [1.807, 2.05) is 6.92 Å². The van der Waals surface area contributed by atoms with Crippen molar-refractivity contribution >= 4 is 23.2 Å². The van der Waals surface area contributed by atoms with E-state index in [0.717, 1.165) is 5.56 Å². The zero-order valence-electron chi connectivity index (χ0n) is 13.1. The number of hydrogen-bond donors (Lipinski definition) is 1. The molecule has 1 N–H and O–H groups in total. The summed E-state index contributed by atoms with van der Waals surface area (Å²) in [7, 11) is 0. The highest BCUT2D eigenvalue weighted by Gasteiger charge is 2.22. The smallest absolute Gasteiger partial charge is 0.261 e. The molecule has 1 heterocycles. The summed E-state index contributed by atoms with van der Waals surface area (Å²) < 4.78 is 18.3. The first-order chi connectivity index (χ1) is 11.5. The fourth-order valence-corrected chi connectivity index (χ4v) is 2.62. The number of rotatable bonds is 3. The van der Waals surface area contributed by atoms with E-state index in [9.17, 15) is 9.18 Å². The SMILES string of the molecule is Cc1cc(Cl)ccc1NC(=O)c1c(-c2ccc(F)cc2)noc1C. The summed E-state index contributed by atoms with van der Waals surface area (Å²) in [6.45, 7) is 3.51. The Morgan fingerprint density at radius 1 is 1.17 bits per heavy atom. The highest BCUT2D eigenvalue weighted by atomic mass is 35.5. The van der Waals surface area contributed by atoms with Crippen LogP contribution in [0.4, 0.5) is 10.1 Å². The van der Waals surface area contributed by atoms with Crippen LogP contribution in [-0.4, -0.2) is 11.1 Å². The van der Waals surface area contributed by atoms with E-state index < -0.39 is 0 Å². The maximum atomic E-state index is 13.1. The molecule has 0 unspecified atom stereocenters. The van der Waals surface area contributed by atoms with Crippen LogP contribution in [-0.2, 0) is 0 Å². The molecule has 3 aromatic rings. The molecule has 0 bridgehead atoms. The van der Waals surface area contributed by atoms with Crippen molar-refractivity contribution in [3.05, 3.63) is 70.2 Å². The van der Waals surface area contributed by atoms with E-state index >= 15 is 0 Å². The van der Waals surface area contributed by atoms with Crippen molar-refractivity contribution < 1.29 is 13.7 Å². The molecule has 1 amide bonds. The van der Waals surface area contributed by atoms with Gasteiger partial charge in [0.2, 0.25) is 0 Å². The van der Waals surface area contributed by atoms with Gasteiger partial charge in [0.15, 0.2) is 0 Å². The third-order valence-electron chi connectivity index (χ3n) is 3.64. The summed E-state index contributed by atoms with van der Waals surface area (Å²) in [6, 6.07) is 10.9. The molecule has 2 aromatic carbocycles. The third kappa shape index (κ3) is 3.16. The van der Waals surface area contributed by atoms with E-state index in [1.54, 1.807) is 37.3 Å². The zero-order valence-corrected chi connectivity index (χ0v) is 13.8. The average molecular weight is 345 g/mol. The molecule has 0 saturated carbocycles. The Labute approximate surface area is 143 Å². The standard InChI is InChI=1S/C18H14ClFN2O2/c1-10-9-13(19)5-8-15(10)21-18(23)16-11(2)24-22-17(16)12-3-6-14(20)7-4-12/h3-9H,1-2H3,(H,21,23). The molecule has 4 nitrogen and oxygen atoms in total. The van der Waals surface area contributed by atoms with Crippen LogP contribution in [0.15, 0.2) is 47.0 Å². The van der Waals surface area contributed by atoms with Gasteiger partial charge in [0, 0.05) is 16.3 Å². The van der Waals surface area contributed by atoms with Crippen molar-refractivity contribution in [2.75, 3.05) is 5.32 Å². The Morgan fingerprint density at radius 2 is 1.88 bits per heavy atom. The van der Waals surface area contributed by atoms with Crippen LogP contribution in [0.5, 0.6) is 0 Å². The number of benzene rings is 2. The van der Waals surface area contributed by atoms with E-state index in [-0.39, 0.29) is 11.7 Å². The Balaban J connectivity index is 1.95. The van der Waals surface area contributed by atoms with E-state index in [0.29, 0.717) is 33.3 Å². The van der Waals surface area contributed by atoms with Crippen LogP contribution in [0.3, 0.4) is 0 Å². The van der Waals surface area contributed by atoms with Crippen molar-refractivity contribution in [3.8, 4) is 11.3 Å². The van der Waals surface area contributed by atoms with E-state index in [1.165, 1.54) is 12.1 Å². The maximum absolute atomic E-state index is 13.1. The first-order valence-electron chi connectivity index (χ1n) is 7.25. The molecule has 6 heteroatoms. The van der Waals surface area contributed by atoms with Crippen LogP contribution in [0.2, 0.25) is 5.02 Å². The summed E-state index contributed by atoms with van der Waals surface area (Å²) in [5.41, 5.74) is 2.78. The Morgan fingerprint density at radius 3 is 2.54 bits per heavy atom. The van der Waals surface area contributed by atoms with Gasteiger partial charge in [-0.15, -0.1) is 0 Å². The zero-order chi connectivity index (χ0) is 17.3. The minimum Gasteiger partial charge on any atom is -0.360 e. The average Bonchev–Trinajstić information content (AvgIpc) is 2.92. The van der Waals surface area contributed by atoms with Gasteiger partial charge in [0.05, 0.1) is 0 Å². The Kier molecular flexibility index (Phi) is 4.36. The lowest BCUT2D eigenvalue weighted by atomic mass is 10.1. The fourth-order valence-electron chi connectivity index (χ4n) is 2.40. The molecule has 0 spiro atoms. The first kappa shape index (κ1) is 16.2. The molecule has 0 aliphatic carbocycles. The summed E-state index contributed by atoms with van der Waals surface area (Å²) >= 11 is 5.93. The Bertz CT molecular complexity index is 904. The summed E-state index contributed by atoms with van der Waals surface area (Å²) in [6.07, 6.45) is 0. The second kappa shape index (κ2) is 6.45. The highest BCUT2D eigenvalue weighted by Crippen LogP contribution is 2.27. The number of nitrogens with one attached hydrogen (secondary N) is 1. The number of halogens is 2. The lowest BCUT2D eigenvalue weighted by molar-refractivity contribution is 0.102. The molecular weight excluding hydrogens is 331 g/mol. The lowest BCUT2D eigenvalue weighted by Gasteiger charge is -2.09. The van der Waals surface area contributed by atoms with Gasteiger partial charge in [-0.2, -0.15) is 0 Å². The molecule has 0 radical (unpaired) electrons. The largest absolute Gasteiger partial charge is 0.360 e. The molecule has 3 rings (SSSR count). The van der Waals surface area contributed by atoms with Gasteiger partial charge >= 0.3 is 0 Å². The van der Waals surface area contributed by atoms with Gasteiger partial charge < -0.3 is 9.84 Å². The molecule has 1 aromatic heterocycles. The molecule has 24 heavy (non-hydrogen) atoms. The van der Waals surface area contributed by atoms with Crippen LogP contribution in [0.1, 0.15) is 21.7 Å². The number of carbonyl (C=O) groups excluding carboxylic acids is 1. The van der Waals surface area contributed by atoms with Crippen molar-refractivity contribution in [2.24, 2.45) is 0 Å². The maximum Gasteiger partial charge on any atom is 0.261 e. The third-order valence-corrected chi connectivity index (χ3v) is 3.88. The van der Waals surface area contributed by atoms with Gasteiger partial charge in [0.1, 0.15) is 22.8 Å². The molecule has 122 valence electrons. The predicted octanol–water partition coefficient (Wildman–Crippen LogP) is 5.00. The number of hydrogen-bond acceptors (Lipinski definition) is 3. The van der Waals surface area contributed by atoms with Gasteiger partial charge in [-0.05, 0) is 61.9 Å². The van der Waals surface area contributed by atoms with Gasteiger partial charge in [0.25, 0.3) is 5.91 Å². The molecule has 0 atom stereocenters. The van der Waals surface area contributed by atoms with E-state index in [4.69, 9.17) is 16.1 Å². The van der Waals surface area contributed by atoms with Gasteiger partial charge in [-0.3, -0.25) is 4.79 Å². The summed E-state index contributed by atoms with van der Waals surface area (Å²) in [4.78, 5) is 12.7. The molecule has 0 saturated heterocycles. The van der Waals surface area contributed by atoms with Gasteiger partial charge in [-0.25, -0.2) is 4.39 Å². The number of aromatic nitrogens is 1. The number of carbonyl (C=O) groups is 1. The monoisotopic (exact) mass is 344 g/mol. The van der Waals surface area contributed by atoms with E-state index in [2.05, 4.69) is 10.5 Å². The second-order valence-corrected chi connectivity index (χ2v) is 5.82. The normalized spacial score (nSPS) is 10.7. The van der Waals surface area contributed by atoms with Crippen LogP contribution in [0, 0.1) is 19.7 Å². The van der Waals surface area contributed by atoms with Crippen molar-refractivity contribution in [2.45, 2.75) is 13.8 Å². The lowest BCUT2D eigenvalue weighted by Crippen LogP contribution is -2.14. The fraction of sp³-hybridized carbons (Fsp3) is 0.111. The number of anilines is 1. The van der Waals surface area contributed by atoms with Crippen molar-refractivity contribution in [1.82, 2.24) is 5.16 Å². The summed E-state index contributed by atoms with van der Waals surface area (Å²) in [5, 5.41) is 7.36. The molecule has 0 aliphatic heterocycles. The minimum atomic E-state index is -0.359.